The first-order chi connectivity index (χ1) is 12.9. The molecule has 27 heavy (non-hydrogen) atoms. The molecule has 0 bridgehead atoms. The zero-order chi connectivity index (χ0) is 19.8. The third-order valence-corrected chi connectivity index (χ3v) is 3.83. The minimum atomic E-state index is -0.701. The van der Waals surface area contributed by atoms with Crippen LogP contribution in [0.3, 0.4) is 0 Å². The maximum atomic E-state index is 11.8. The topological polar surface area (TPSA) is 86.8 Å². The molecule has 2 aromatic rings. The Bertz CT molecular complexity index is 871. The van der Waals surface area contributed by atoms with Gasteiger partial charge < -0.3 is 19.5 Å². The lowest BCUT2D eigenvalue weighted by atomic mass is 10.2. The van der Waals surface area contributed by atoms with Crippen LogP contribution in [0.15, 0.2) is 36.5 Å². The van der Waals surface area contributed by atoms with E-state index < -0.39 is 18.5 Å². The lowest BCUT2D eigenvalue weighted by molar-refractivity contribution is -0.142. The summed E-state index contributed by atoms with van der Waals surface area (Å²) in [5.74, 6) is -0.426. The number of ether oxygens (including phenoxy) is 3. The van der Waals surface area contributed by atoms with Gasteiger partial charge in [0.2, 0.25) is 0 Å². The number of methoxy groups -OCH3 is 2. The van der Waals surface area contributed by atoms with Gasteiger partial charge in [0.25, 0.3) is 5.91 Å². The molecule has 0 aliphatic heterocycles. The predicted molar refractivity (Wildman–Crippen MR) is 102 cm³/mol. The molecule has 0 fully saturated rings. The number of aromatic nitrogens is 1. The molecule has 7 nitrogen and oxygen atoms in total. The minimum Gasteiger partial charge on any atom is -0.493 e. The summed E-state index contributed by atoms with van der Waals surface area (Å²) in [5, 5.41) is 2.96. The Hall–Kier alpha value is -2.77. The molecule has 9 heteroatoms. The third kappa shape index (κ3) is 5.87. The lowest BCUT2D eigenvalue weighted by Crippen LogP contribution is -2.20. The van der Waals surface area contributed by atoms with E-state index in [2.05, 4.69) is 10.3 Å². The van der Waals surface area contributed by atoms with Crippen molar-refractivity contribution < 1.29 is 23.8 Å². The molecule has 2 rings (SSSR count). The molecular formula is C18H16Cl2N2O5. The monoisotopic (exact) mass is 410 g/mol. The highest BCUT2D eigenvalue weighted by atomic mass is 35.5. The Balaban J connectivity index is 1.93. The van der Waals surface area contributed by atoms with E-state index in [0.29, 0.717) is 27.8 Å². The quantitative estimate of drug-likeness (QED) is 0.426. The van der Waals surface area contributed by atoms with E-state index in [9.17, 15) is 9.59 Å². The molecule has 0 radical (unpaired) electrons. The molecular weight excluding hydrogens is 395 g/mol. The lowest BCUT2D eigenvalue weighted by Gasteiger charge is -2.10. The number of hydrogen-bond acceptors (Lipinski definition) is 6. The highest BCUT2D eigenvalue weighted by Gasteiger charge is 2.11. The molecule has 0 aliphatic carbocycles. The fourth-order valence-corrected chi connectivity index (χ4v) is 2.51. The van der Waals surface area contributed by atoms with Crippen molar-refractivity contribution >= 4 is 46.8 Å². The Morgan fingerprint density at radius 1 is 1.22 bits per heavy atom. The highest BCUT2D eigenvalue weighted by Crippen LogP contribution is 2.36. The number of nitrogens with one attached hydrogen (secondary N) is 1. The van der Waals surface area contributed by atoms with Crippen molar-refractivity contribution in [3.63, 3.8) is 0 Å². The molecule has 0 aliphatic rings. The zero-order valence-corrected chi connectivity index (χ0v) is 16.0. The van der Waals surface area contributed by atoms with E-state index in [1.165, 1.54) is 32.6 Å². The van der Waals surface area contributed by atoms with Gasteiger partial charge in [-0.3, -0.25) is 4.79 Å². The average molecular weight is 411 g/mol. The second kappa shape index (κ2) is 9.80. The summed E-state index contributed by atoms with van der Waals surface area (Å²) in [4.78, 5) is 27.4. The molecule has 1 N–H and O–H groups in total. The van der Waals surface area contributed by atoms with Crippen molar-refractivity contribution in [2.75, 3.05) is 26.1 Å². The van der Waals surface area contributed by atoms with Crippen molar-refractivity contribution in [3.8, 4) is 11.5 Å². The molecule has 142 valence electrons. The SMILES string of the molecule is COc1cc(/C=C/C(=O)OCC(=O)Nc2cccnc2Cl)cc(Cl)c1OC. The number of esters is 1. The van der Waals surface area contributed by atoms with Crippen molar-refractivity contribution in [3.05, 3.63) is 52.3 Å². The zero-order valence-electron chi connectivity index (χ0n) is 14.5. The van der Waals surface area contributed by atoms with E-state index in [0.717, 1.165) is 0 Å². The van der Waals surface area contributed by atoms with E-state index >= 15 is 0 Å². The second-order valence-corrected chi connectivity index (χ2v) is 5.83. The van der Waals surface area contributed by atoms with Crippen LogP contribution in [0.5, 0.6) is 11.5 Å². The van der Waals surface area contributed by atoms with Gasteiger partial charge in [-0.25, -0.2) is 9.78 Å². The number of anilines is 1. The first-order valence-corrected chi connectivity index (χ1v) is 8.37. The Morgan fingerprint density at radius 3 is 2.67 bits per heavy atom. The van der Waals surface area contributed by atoms with Crippen molar-refractivity contribution in [2.24, 2.45) is 0 Å². The number of hydrogen-bond donors (Lipinski definition) is 1. The number of carbonyl (C=O) groups is 2. The first-order valence-electron chi connectivity index (χ1n) is 7.61. The standard InChI is InChI=1S/C18H16Cl2N2O5/c1-25-14-9-11(8-12(19)17(14)26-2)5-6-16(24)27-10-15(23)22-13-4-3-7-21-18(13)20/h3-9H,10H2,1-2H3,(H,22,23)/b6-5+. The van der Waals surface area contributed by atoms with E-state index in [1.54, 1.807) is 24.3 Å². The highest BCUT2D eigenvalue weighted by molar-refractivity contribution is 6.32. The van der Waals surface area contributed by atoms with Crippen molar-refractivity contribution in [1.29, 1.82) is 0 Å². The number of amides is 1. The molecule has 0 atom stereocenters. The molecule has 0 spiro atoms. The van der Waals surface area contributed by atoms with E-state index in [4.69, 9.17) is 37.4 Å². The largest absolute Gasteiger partial charge is 0.493 e. The number of pyridine rings is 1. The molecule has 1 aromatic heterocycles. The van der Waals surface area contributed by atoms with Gasteiger partial charge in [0.1, 0.15) is 0 Å². The fourth-order valence-electron chi connectivity index (χ4n) is 2.05. The van der Waals surface area contributed by atoms with Crippen LogP contribution >= 0.6 is 23.2 Å². The predicted octanol–water partition coefficient (Wildman–Crippen LogP) is 3.60. The van der Waals surface area contributed by atoms with Crippen molar-refractivity contribution in [2.45, 2.75) is 0 Å². The fraction of sp³-hybridized carbons (Fsp3) is 0.167. The number of carbonyl (C=O) groups excluding carboxylic acids is 2. The Labute approximate surface area is 165 Å². The van der Waals surface area contributed by atoms with Crippen LogP contribution in [0.4, 0.5) is 5.69 Å². The first kappa shape index (κ1) is 20.5. The van der Waals surface area contributed by atoms with Crippen LogP contribution < -0.4 is 14.8 Å². The van der Waals surface area contributed by atoms with Gasteiger partial charge >= 0.3 is 5.97 Å². The molecule has 1 amide bonds. The smallest absolute Gasteiger partial charge is 0.331 e. The maximum Gasteiger partial charge on any atom is 0.331 e. The summed E-state index contributed by atoms with van der Waals surface area (Å²) in [5.41, 5.74) is 0.928. The summed E-state index contributed by atoms with van der Waals surface area (Å²) < 4.78 is 15.2. The summed E-state index contributed by atoms with van der Waals surface area (Å²) in [6, 6.07) is 6.44. The third-order valence-electron chi connectivity index (χ3n) is 3.25. The van der Waals surface area contributed by atoms with Gasteiger partial charge in [0, 0.05) is 12.3 Å². The van der Waals surface area contributed by atoms with E-state index in [1.807, 2.05) is 0 Å². The second-order valence-electron chi connectivity index (χ2n) is 5.07. The number of benzene rings is 1. The van der Waals surface area contributed by atoms with Crippen LogP contribution in [0.2, 0.25) is 10.2 Å². The summed E-state index contributed by atoms with van der Waals surface area (Å²) in [7, 11) is 2.95. The van der Waals surface area contributed by atoms with Gasteiger partial charge in [0.15, 0.2) is 23.3 Å². The number of halogens is 2. The van der Waals surface area contributed by atoms with E-state index in [-0.39, 0.29) is 5.15 Å². The number of rotatable bonds is 7. The summed E-state index contributed by atoms with van der Waals surface area (Å²) in [6.45, 7) is -0.471. The van der Waals surface area contributed by atoms with Crippen LogP contribution in [-0.4, -0.2) is 37.7 Å². The minimum absolute atomic E-state index is 0.141. The van der Waals surface area contributed by atoms with Gasteiger partial charge in [-0.1, -0.05) is 23.2 Å². The summed E-state index contributed by atoms with van der Waals surface area (Å²) >= 11 is 11.9. The molecule has 1 aromatic carbocycles. The summed E-state index contributed by atoms with van der Waals surface area (Å²) in [6.07, 6.45) is 4.14. The Kier molecular flexibility index (Phi) is 7.45. The number of nitrogens with zero attached hydrogens (tertiary/aromatic N) is 1. The normalized spacial score (nSPS) is 10.5. The van der Waals surface area contributed by atoms with Crippen LogP contribution in [0.1, 0.15) is 5.56 Å². The molecule has 1 heterocycles. The Morgan fingerprint density at radius 2 is 2.00 bits per heavy atom. The van der Waals surface area contributed by atoms with Crippen LogP contribution in [0.25, 0.3) is 6.08 Å². The van der Waals surface area contributed by atoms with Crippen molar-refractivity contribution in [1.82, 2.24) is 4.98 Å². The van der Waals surface area contributed by atoms with Gasteiger partial charge in [-0.15, -0.1) is 0 Å². The van der Waals surface area contributed by atoms with Gasteiger partial charge in [0.05, 0.1) is 24.9 Å². The average Bonchev–Trinajstić information content (AvgIpc) is 2.66. The molecule has 0 saturated heterocycles. The molecule has 0 unspecified atom stereocenters. The maximum absolute atomic E-state index is 11.8. The van der Waals surface area contributed by atoms with Gasteiger partial charge in [-0.2, -0.15) is 0 Å². The van der Waals surface area contributed by atoms with Crippen LogP contribution in [-0.2, 0) is 14.3 Å². The van der Waals surface area contributed by atoms with Crippen LogP contribution in [0, 0.1) is 0 Å². The molecule has 0 saturated carbocycles. The van der Waals surface area contributed by atoms with Gasteiger partial charge in [-0.05, 0) is 35.9 Å².